The van der Waals surface area contributed by atoms with Crippen LogP contribution in [0, 0.1) is 0 Å². The molecule has 2 unspecified atom stereocenters. The predicted octanol–water partition coefficient (Wildman–Crippen LogP) is 0.689. The molecule has 1 aromatic heterocycles. The summed E-state index contributed by atoms with van der Waals surface area (Å²) in [6.07, 6.45) is 3.50. The summed E-state index contributed by atoms with van der Waals surface area (Å²) in [5.74, 6) is -3.40. The van der Waals surface area contributed by atoms with E-state index >= 15 is 0 Å². The SMILES string of the molecule is CCOC(=O)C(CSC)NC(=O)c1cc(=O)cc(C(=O)NC(CSC)C(=O)OCC)o1. The lowest BCUT2D eigenvalue weighted by molar-refractivity contribution is -0.145. The number of carbonyl (C=O) groups excluding carboxylic acids is 4. The van der Waals surface area contributed by atoms with Gasteiger partial charge < -0.3 is 24.5 Å². The van der Waals surface area contributed by atoms with Crippen LogP contribution in [0.2, 0.25) is 0 Å². The molecule has 1 heterocycles. The molecule has 0 saturated carbocycles. The summed E-state index contributed by atoms with van der Waals surface area (Å²) in [4.78, 5) is 61.0. The van der Waals surface area contributed by atoms with Crippen LogP contribution in [0.25, 0.3) is 0 Å². The van der Waals surface area contributed by atoms with Crippen molar-refractivity contribution in [2.45, 2.75) is 25.9 Å². The van der Waals surface area contributed by atoms with Crippen molar-refractivity contribution in [1.82, 2.24) is 10.6 Å². The Morgan fingerprint density at radius 2 is 1.26 bits per heavy atom. The Kier molecular flexibility index (Phi) is 11.8. The minimum Gasteiger partial charge on any atom is -0.464 e. The Hall–Kier alpha value is -2.47. The van der Waals surface area contributed by atoms with Crippen LogP contribution in [0.15, 0.2) is 21.3 Å². The molecule has 1 aromatic rings. The van der Waals surface area contributed by atoms with Gasteiger partial charge in [0.25, 0.3) is 11.8 Å². The van der Waals surface area contributed by atoms with Crippen molar-refractivity contribution in [1.29, 1.82) is 0 Å². The molecule has 10 nitrogen and oxygen atoms in total. The van der Waals surface area contributed by atoms with Gasteiger partial charge in [-0.25, -0.2) is 9.59 Å². The number of hydrogen-bond donors (Lipinski definition) is 2. The maximum atomic E-state index is 12.5. The van der Waals surface area contributed by atoms with Crippen molar-refractivity contribution in [3.05, 3.63) is 33.9 Å². The average Bonchev–Trinajstić information content (AvgIpc) is 2.72. The quantitative estimate of drug-likeness (QED) is 0.416. The maximum absolute atomic E-state index is 12.5. The van der Waals surface area contributed by atoms with Crippen LogP contribution in [0.1, 0.15) is 35.0 Å². The average molecular weight is 475 g/mol. The largest absolute Gasteiger partial charge is 0.464 e. The zero-order valence-electron chi connectivity index (χ0n) is 17.7. The van der Waals surface area contributed by atoms with Gasteiger partial charge in [0.2, 0.25) is 0 Å². The highest BCUT2D eigenvalue weighted by atomic mass is 32.2. The topological polar surface area (TPSA) is 141 Å². The molecule has 0 aliphatic heterocycles. The van der Waals surface area contributed by atoms with Crippen molar-refractivity contribution in [3.8, 4) is 0 Å². The van der Waals surface area contributed by atoms with Crippen LogP contribution in [0.3, 0.4) is 0 Å². The summed E-state index contributed by atoms with van der Waals surface area (Å²) < 4.78 is 15.1. The summed E-state index contributed by atoms with van der Waals surface area (Å²) in [6, 6.07) is -0.115. The zero-order chi connectivity index (χ0) is 23.4. The van der Waals surface area contributed by atoms with Crippen molar-refractivity contribution in [3.63, 3.8) is 0 Å². The Morgan fingerprint density at radius 1 is 0.871 bits per heavy atom. The fourth-order valence-corrected chi connectivity index (χ4v) is 3.42. The molecule has 0 spiro atoms. The van der Waals surface area contributed by atoms with Gasteiger partial charge in [-0.05, 0) is 26.4 Å². The van der Waals surface area contributed by atoms with Crippen LogP contribution in [-0.2, 0) is 19.1 Å². The predicted molar refractivity (Wildman–Crippen MR) is 118 cm³/mol. The van der Waals surface area contributed by atoms with Crippen LogP contribution in [-0.4, -0.2) is 73.1 Å². The lowest BCUT2D eigenvalue weighted by Gasteiger charge is -2.17. The third-order valence-electron chi connectivity index (χ3n) is 3.63. The first-order chi connectivity index (χ1) is 14.8. The van der Waals surface area contributed by atoms with Gasteiger partial charge in [-0.15, -0.1) is 0 Å². The van der Waals surface area contributed by atoms with E-state index in [4.69, 9.17) is 13.9 Å². The standard InChI is InChI=1S/C19H26N2O8S2/c1-5-27-18(25)12(9-30-3)20-16(23)14-7-11(22)8-15(29-14)17(24)21-13(10-31-4)19(26)28-6-2/h7-8,12-13H,5-6,9-10H2,1-4H3,(H,20,23)(H,21,24). The third kappa shape index (κ3) is 8.66. The molecule has 0 radical (unpaired) electrons. The molecule has 12 heteroatoms. The minimum absolute atomic E-state index is 0.141. The van der Waals surface area contributed by atoms with E-state index in [0.29, 0.717) is 0 Å². The molecular formula is C19H26N2O8S2. The Balaban J connectivity index is 3.04. The fraction of sp³-hybridized carbons (Fsp3) is 0.526. The second kappa shape index (κ2) is 13.8. The van der Waals surface area contributed by atoms with E-state index < -0.39 is 52.8 Å². The van der Waals surface area contributed by atoms with Crippen LogP contribution in [0.4, 0.5) is 0 Å². The molecule has 2 N–H and O–H groups in total. The number of ether oxygens (including phenoxy) is 2. The van der Waals surface area contributed by atoms with E-state index in [1.165, 1.54) is 23.5 Å². The molecule has 0 fully saturated rings. The first kappa shape index (κ1) is 26.6. The van der Waals surface area contributed by atoms with Gasteiger partial charge in [0.05, 0.1) is 13.2 Å². The summed E-state index contributed by atoms with van der Waals surface area (Å²) in [5.41, 5.74) is -0.656. The number of amides is 2. The normalized spacial score (nSPS) is 12.4. The summed E-state index contributed by atoms with van der Waals surface area (Å²) in [6.45, 7) is 3.55. The lowest BCUT2D eigenvalue weighted by atomic mass is 10.2. The molecule has 31 heavy (non-hydrogen) atoms. The fourth-order valence-electron chi connectivity index (χ4n) is 2.32. The highest BCUT2D eigenvalue weighted by molar-refractivity contribution is 7.98. The van der Waals surface area contributed by atoms with Gasteiger partial charge in [-0.1, -0.05) is 0 Å². The van der Waals surface area contributed by atoms with E-state index in [9.17, 15) is 24.0 Å². The maximum Gasteiger partial charge on any atom is 0.329 e. The molecule has 2 amide bonds. The first-order valence-corrected chi connectivity index (χ1v) is 12.1. The van der Waals surface area contributed by atoms with Gasteiger partial charge in [-0.2, -0.15) is 23.5 Å². The Bertz CT molecular complexity index is 779. The Labute approximate surface area is 188 Å². The number of rotatable bonds is 12. The smallest absolute Gasteiger partial charge is 0.329 e. The molecule has 2 atom stereocenters. The highest BCUT2D eigenvalue weighted by Crippen LogP contribution is 2.07. The number of carbonyl (C=O) groups is 4. The van der Waals surface area contributed by atoms with E-state index in [0.717, 1.165) is 12.1 Å². The zero-order valence-corrected chi connectivity index (χ0v) is 19.4. The van der Waals surface area contributed by atoms with Crippen LogP contribution < -0.4 is 16.1 Å². The van der Waals surface area contributed by atoms with Gasteiger partial charge in [0.15, 0.2) is 16.9 Å². The molecule has 0 aromatic carbocycles. The summed E-state index contributed by atoms with van der Waals surface area (Å²) in [7, 11) is 0. The Morgan fingerprint density at radius 3 is 1.58 bits per heavy atom. The van der Waals surface area contributed by atoms with Crippen molar-refractivity contribution in [2.75, 3.05) is 37.2 Å². The molecular weight excluding hydrogens is 448 g/mol. The minimum atomic E-state index is -0.958. The van der Waals surface area contributed by atoms with E-state index in [1.807, 2.05) is 0 Å². The number of thioether (sulfide) groups is 2. The second-order valence-corrected chi connectivity index (χ2v) is 7.81. The molecule has 0 saturated heterocycles. The number of esters is 2. The van der Waals surface area contributed by atoms with E-state index in [2.05, 4.69) is 10.6 Å². The molecule has 0 aliphatic rings. The molecule has 0 bridgehead atoms. The molecule has 0 aliphatic carbocycles. The van der Waals surface area contributed by atoms with Crippen LogP contribution in [0.5, 0.6) is 0 Å². The summed E-state index contributed by atoms with van der Waals surface area (Å²) >= 11 is 2.63. The highest BCUT2D eigenvalue weighted by Gasteiger charge is 2.26. The second-order valence-electron chi connectivity index (χ2n) is 5.99. The van der Waals surface area contributed by atoms with Crippen molar-refractivity contribution in [2.24, 2.45) is 0 Å². The first-order valence-electron chi connectivity index (χ1n) is 9.35. The molecule has 1 rings (SSSR count). The lowest BCUT2D eigenvalue weighted by Crippen LogP contribution is -2.44. The third-order valence-corrected chi connectivity index (χ3v) is 4.97. The van der Waals surface area contributed by atoms with Crippen molar-refractivity contribution >= 4 is 47.3 Å². The van der Waals surface area contributed by atoms with Crippen molar-refractivity contribution < 1.29 is 33.1 Å². The van der Waals surface area contributed by atoms with Gasteiger partial charge >= 0.3 is 11.9 Å². The van der Waals surface area contributed by atoms with Gasteiger partial charge in [0.1, 0.15) is 12.1 Å². The van der Waals surface area contributed by atoms with Gasteiger partial charge in [0, 0.05) is 23.6 Å². The molecule has 172 valence electrons. The van der Waals surface area contributed by atoms with E-state index in [1.54, 1.807) is 26.4 Å². The number of hydrogen-bond acceptors (Lipinski definition) is 10. The van der Waals surface area contributed by atoms with Crippen LogP contribution >= 0.6 is 23.5 Å². The van der Waals surface area contributed by atoms with Gasteiger partial charge in [-0.3, -0.25) is 14.4 Å². The number of nitrogens with one attached hydrogen (secondary N) is 2. The van der Waals surface area contributed by atoms with E-state index in [-0.39, 0.29) is 24.7 Å². The summed E-state index contributed by atoms with van der Waals surface area (Å²) in [5, 5.41) is 4.86. The monoisotopic (exact) mass is 474 g/mol.